The predicted molar refractivity (Wildman–Crippen MR) is 60.7 cm³/mol. The molecule has 2 heterocycles. The van der Waals surface area contributed by atoms with Gasteiger partial charge in [0.25, 0.3) is 0 Å². The van der Waals surface area contributed by atoms with E-state index in [4.69, 9.17) is 16.3 Å². The smallest absolute Gasteiger partial charge is 0.321 e. The lowest BCUT2D eigenvalue weighted by Crippen LogP contribution is -2.24. The van der Waals surface area contributed by atoms with Gasteiger partial charge in [0.15, 0.2) is 0 Å². The Labute approximate surface area is 104 Å². The molecule has 0 amide bonds. The van der Waals surface area contributed by atoms with Crippen molar-refractivity contribution in [3.63, 3.8) is 0 Å². The second-order valence-electron chi connectivity index (χ2n) is 3.60. The fourth-order valence-electron chi connectivity index (χ4n) is 1.37. The summed E-state index contributed by atoms with van der Waals surface area (Å²) in [5.41, 5.74) is 0. The molecule has 0 aliphatic heterocycles. The monoisotopic (exact) mass is 254 g/mol. The molecule has 0 fully saturated rings. The van der Waals surface area contributed by atoms with E-state index in [2.05, 4.69) is 15.0 Å². The first kappa shape index (κ1) is 11.8. The van der Waals surface area contributed by atoms with Crippen LogP contribution in [0, 0.1) is 6.92 Å². The van der Waals surface area contributed by atoms with E-state index in [0.717, 1.165) is 6.54 Å². The predicted octanol–water partition coefficient (Wildman–Crippen LogP) is 0.538. The van der Waals surface area contributed by atoms with E-state index in [1.54, 1.807) is 6.92 Å². The number of hydrogen-bond acceptors (Lipinski definition) is 4. The molecule has 0 radical (unpaired) electrons. The Morgan fingerprint density at radius 2 is 2.24 bits per heavy atom. The summed E-state index contributed by atoms with van der Waals surface area (Å²) in [4.78, 5) is 11.8. The fraction of sp³-hybridized carbons (Fsp3) is 0.400. The Morgan fingerprint density at radius 1 is 1.41 bits per heavy atom. The molecule has 0 aliphatic carbocycles. The lowest BCUT2D eigenvalue weighted by molar-refractivity contribution is -0.671. The average Bonchev–Trinajstić information content (AvgIpc) is 2.63. The number of nitrogens with zero attached hydrogens (tertiary/aromatic N) is 5. The second kappa shape index (κ2) is 5.09. The van der Waals surface area contributed by atoms with E-state index < -0.39 is 0 Å². The van der Waals surface area contributed by atoms with Gasteiger partial charge in [0.1, 0.15) is 31.4 Å². The molecule has 0 atom stereocenters. The summed E-state index contributed by atoms with van der Waals surface area (Å²) in [6.45, 7) is 2.95. The molecule has 6 nitrogen and oxygen atoms in total. The SMILES string of the molecule is Cc1nc(Cl)nc(OCCn2cc[n+](C)c2)n1. The maximum absolute atomic E-state index is 5.70. The van der Waals surface area contributed by atoms with Gasteiger partial charge in [0.2, 0.25) is 11.6 Å². The topological polar surface area (TPSA) is 56.7 Å². The molecule has 0 bridgehead atoms. The number of aryl methyl sites for hydroxylation is 2. The van der Waals surface area contributed by atoms with Gasteiger partial charge in [-0.1, -0.05) is 0 Å². The van der Waals surface area contributed by atoms with Gasteiger partial charge in [-0.3, -0.25) is 0 Å². The van der Waals surface area contributed by atoms with E-state index in [-0.39, 0.29) is 11.3 Å². The molecule has 90 valence electrons. The molecule has 0 N–H and O–H groups in total. The van der Waals surface area contributed by atoms with Gasteiger partial charge in [-0.15, -0.1) is 0 Å². The number of hydrogen-bond donors (Lipinski definition) is 0. The van der Waals surface area contributed by atoms with Crippen LogP contribution in [0.4, 0.5) is 0 Å². The summed E-state index contributed by atoms with van der Waals surface area (Å²) in [5.74, 6) is 0.548. The first-order valence-corrected chi connectivity index (χ1v) is 5.53. The first-order chi connectivity index (χ1) is 8.13. The number of ether oxygens (including phenoxy) is 1. The summed E-state index contributed by atoms with van der Waals surface area (Å²) in [7, 11) is 1.96. The minimum atomic E-state index is 0.153. The van der Waals surface area contributed by atoms with Crippen LogP contribution in [0.25, 0.3) is 0 Å². The van der Waals surface area contributed by atoms with Crippen molar-refractivity contribution in [2.24, 2.45) is 7.05 Å². The van der Waals surface area contributed by atoms with Crippen LogP contribution in [0.5, 0.6) is 6.01 Å². The van der Waals surface area contributed by atoms with E-state index in [9.17, 15) is 0 Å². The van der Waals surface area contributed by atoms with Gasteiger partial charge in [-0.05, 0) is 18.5 Å². The average molecular weight is 255 g/mol. The molecule has 0 spiro atoms. The highest BCUT2D eigenvalue weighted by molar-refractivity contribution is 6.28. The standard InChI is InChI=1S/C10H13ClN5O/c1-8-12-9(11)14-10(13-8)17-6-5-16-4-3-15(2)7-16/h3-4,7H,5-6H2,1-2H3/q+1. The summed E-state index contributed by atoms with van der Waals surface area (Å²) in [6, 6.07) is 0.263. The van der Waals surface area contributed by atoms with E-state index >= 15 is 0 Å². The van der Waals surface area contributed by atoms with Crippen molar-refractivity contribution >= 4 is 11.6 Å². The largest absolute Gasteiger partial charge is 0.459 e. The van der Waals surface area contributed by atoms with Crippen molar-refractivity contribution in [3.05, 3.63) is 29.8 Å². The lowest BCUT2D eigenvalue weighted by atomic mass is 10.6. The van der Waals surface area contributed by atoms with Crippen molar-refractivity contribution in [1.82, 2.24) is 19.5 Å². The Morgan fingerprint density at radius 3 is 2.88 bits per heavy atom. The Bertz CT molecular complexity index is 493. The minimum Gasteiger partial charge on any atom is -0.459 e. The molecule has 0 saturated carbocycles. The normalized spacial score (nSPS) is 10.5. The molecule has 0 unspecified atom stereocenters. The van der Waals surface area contributed by atoms with Crippen LogP contribution < -0.4 is 9.30 Å². The molecule has 0 aliphatic rings. The van der Waals surface area contributed by atoms with E-state index in [1.165, 1.54) is 0 Å². The molecule has 7 heteroatoms. The van der Waals surface area contributed by atoms with Crippen LogP contribution in [0.3, 0.4) is 0 Å². The van der Waals surface area contributed by atoms with Crippen molar-refractivity contribution < 1.29 is 9.30 Å². The van der Waals surface area contributed by atoms with Crippen LogP contribution in [-0.2, 0) is 13.6 Å². The molecule has 17 heavy (non-hydrogen) atoms. The van der Waals surface area contributed by atoms with Crippen LogP contribution in [-0.4, -0.2) is 26.1 Å². The maximum atomic E-state index is 5.70. The van der Waals surface area contributed by atoms with Crippen molar-refractivity contribution in [2.75, 3.05) is 6.61 Å². The zero-order valence-electron chi connectivity index (χ0n) is 9.67. The summed E-state index contributed by atoms with van der Waals surface area (Å²) in [6.07, 6.45) is 5.90. The quantitative estimate of drug-likeness (QED) is 0.748. The molecule has 0 saturated heterocycles. The van der Waals surface area contributed by atoms with E-state index in [1.807, 2.05) is 34.9 Å². The lowest BCUT2D eigenvalue weighted by Gasteiger charge is -2.03. The number of halogens is 1. The van der Waals surface area contributed by atoms with Crippen LogP contribution >= 0.6 is 11.6 Å². The van der Waals surface area contributed by atoms with Crippen LogP contribution in [0.15, 0.2) is 18.7 Å². The number of rotatable bonds is 4. The van der Waals surface area contributed by atoms with Crippen molar-refractivity contribution in [1.29, 1.82) is 0 Å². The molecular weight excluding hydrogens is 242 g/mol. The van der Waals surface area contributed by atoms with Gasteiger partial charge < -0.3 is 4.74 Å². The van der Waals surface area contributed by atoms with Crippen molar-refractivity contribution in [2.45, 2.75) is 13.5 Å². The number of aromatic nitrogens is 5. The zero-order chi connectivity index (χ0) is 12.3. The zero-order valence-corrected chi connectivity index (χ0v) is 10.4. The highest BCUT2D eigenvalue weighted by Gasteiger charge is 2.04. The highest BCUT2D eigenvalue weighted by atomic mass is 35.5. The first-order valence-electron chi connectivity index (χ1n) is 5.15. The van der Waals surface area contributed by atoms with Crippen LogP contribution in [0.2, 0.25) is 5.28 Å². The highest BCUT2D eigenvalue weighted by Crippen LogP contribution is 2.07. The summed E-state index contributed by atoms with van der Waals surface area (Å²) >= 11 is 5.70. The Hall–Kier alpha value is -1.69. The minimum absolute atomic E-state index is 0.153. The molecule has 0 aromatic carbocycles. The molecular formula is C10H13ClN5O+. The molecule has 2 aromatic heterocycles. The third-order valence-electron chi connectivity index (χ3n) is 2.10. The van der Waals surface area contributed by atoms with Gasteiger partial charge in [-0.25, -0.2) is 14.1 Å². The van der Waals surface area contributed by atoms with Crippen molar-refractivity contribution in [3.8, 4) is 6.01 Å². The number of imidazole rings is 1. The maximum Gasteiger partial charge on any atom is 0.321 e. The third-order valence-corrected chi connectivity index (χ3v) is 2.27. The summed E-state index contributed by atoms with van der Waals surface area (Å²) in [5, 5.41) is 0.153. The van der Waals surface area contributed by atoms with Crippen LogP contribution in [0.1, 0.15) is 5.82 Å². The van der Waals surface area contributed by atoms with Gasteiger partial charge in [0, 0.05) is 0 Å². The summed E-state index contributed by atoms with van der Waals surface area (Å²) < 4.78 is 9.38. The molecule has 2 rings (SSSR count). The Balaban J connectivity index is 1.89. The van der Waals surface area contributed by atoms with Gasteiger partial charge >= 0.3 is 6.01 Å². The second-order valence-corrected chi connectivity index (χ2v) is 3.94. The van der Waals surface area contributed by atoms with Gasteiger partial charge in [0.05, 0.1) is 7.05 Å². The third kappa shape index (κ3) is 3.39. The molecule has 2 aromatic rings. The Kier molecular flexibility index (Phi) is 3.53. The van der Waals surface area contributed by atoms with Gasteiger partial charge in [-0.2, -0.15) is 9.97 Å². The fourth-order valence-corrected chi connectivity index (χ4v) is 1.56. The van der Waals surface area contributed by atoms with E-state index in [0.29, 0.717) is 12.4 Å².